The molecule has 1 N–H and O–H groups in total. The Hall–Kier alpha value is -0.0800. The molecule has 100 valence electrons. The third-order valence-electron chi connectivity index (χ3n) is 2.01. The van der Waals surface area contributed by atoms with Gasteiger partial charge in [0.2, 0.25) is 0 Å². The first-order valence-electron chi connectivity index (χ1n) is 6.99. The number of rotatable bonds is 4. The minimum absolute atomic E-state index is 0.761. The summed E-state index contributed by atoms with van der Waals surface area (Å²) >= 11 is 0. The molecule has 1 aliphatic rings. The van der Waals surface area contributed by atoms with Crippen LogP contribution in [0.5, 0.6) is 0 Å². The van der Waals surface area contributed by atoms with Gasteiger partial charge >= 0.3 is 0 Å². The smallest absolute Gasteiger partial charge is 0.0507 e. The standard InChI is InChI=1S/C9H19NO.C3H8.C2H6/c1-8(2)5-10-6-9-3-4-11-7-9;1-3-2;1-2/h8-10H,3-7H2,1-2H3;3H2,1-2H3;1-2H3. The lowest BCUT2D eigenvalue weighted by atomic mass is 10.1. The Balaban J connectivity index is 0. The largest absolute Gasteiger partial charge is 0.381 e. The zero-order chi connectivity index (χ0) is 12.8. The molecule has 0 aromatic heterocycles. The molecule has 0 radical (unpaired) electrons. The molecule has 1 atom stereocenters. The summed E-state index contributed by atoms with van der Waals surface area (Å²) in [5, 5.41) is 3.45. The van der Waals surface area contributed by atoms with E-state index in [4.69, 9.17) is 4.74 Å². The molecule has 2 heteroatoms. The molecule has 0 spiro atoms. The highest BCUT2D eigenvalue weighted by molar-refractivity contribution is 4.66. The van der Waals surface area contributed by atoms with Gasteiger partial charge in [0.1, 0.15) is 0 Å². The van der Waals surface area contributed by atoms with Crippen LogP contribution in [0.4, 0.5) is 0 Å². The summed E-state index contributed by atoms with van der Waals surface area (Å²) < 4.78 is 5.27. The molecule has 1 aliphatic heterocycles. The summed E-state index contributed by atoms with van der Waals surface area (Å²) in [7, 11) is 0. The van der Waals surface area contributed by atoms with Gasteiger partial charge in [-0.1, -0.05) is 48.0 Å². The molecule has 2 nitrogen and oxygen atoms in total. The van der Waals surface area contributed by atoms with Crippen molar-refractivity contribution in [2.75, 3.05) is 26.3 Å². The van der Waals surface area contributed by atoms with Gasteiger partial charge in [-0.15, -0.1) is 0 Å². The summed E-state index contributed by atoms with van der Waals surface area (Å²) in [6, 6.07) is 0. The number of ether oxygens (including phenoxy) is 1. The van der Waals surface area contributed by atoms with E-state index in [2.05, 4.69) is 33.0 Å². The van der Waals surface area contributed by atoms with Gasteiger partial charge in [0.15, 0.2) is 0 Å². The van der Waals surface area contributed by atoms with Crippen molar-refractivity contribution in [2.45, 2.75) is 54.4 Å². The van der Waals surface area contributed by atoms with Crippen LogP contribution in [-0.2, 0) is 4.74 Å². The average molecular weight is 231 g/mol. The van der Waals surface area contributed by atoms with Crippen molar-refractivity contribution < 1.29 is 4.74 Å². The second-order valence-corrected chi connectivity index (χ2v) is 4.49. The molecule has 1 fully saturated rings. The second-order valence-electron chi connectivity index (χ2n) is 4.49. The maximum absolute atomic E-state index is 5.27. The van der Waals surface area contributed by atoms with E-state index in [1.807, 2.05) is 13.8 Å². The topological polar surface area (TPSA) is 21.3 Å². The fourth-order valence-corrected chi connectivity index (χ4v) is 1.32. The third-order valence-corrected chi connectivity index (χ3v) is 2.01. The maximum Gasteiger partial charge on any atom is 0.0507 e. The van der Waals surface area contributed by atoms with E-state index in [0.29, 0.717) is 0 Å². The highest BCUT2D eigenvalue weighted by Crippen LogP contribution is 2.10. The van der Waals surface area contributed by atoms with Crippen molar-refractivity contribution in [3.63, 3.8) is 0 Å². The van der Waals surface area contributed by atoms with Crippen LogP contribution in [-0.4, -0.2) is 26.3 Å². The van der Waals surface area contributed by atoms with Crippen molar-refractivity contribution >= 4 is 0 Å². The van der Waals surface area contributed by atoms with E-state index >= 15 is 0 Å². The number of nitrogens with one attached hydrogen (secondary N) is 1. The van der Waals surface area contributed by atoms with E-state index in [1.54, 1.807) is 0 Å². The number of hydrogen-bond acceptors (Lipinski definition) is 2. The van der Waals surface area contributed by atoms with Crippen LogP contribution < -0.4 is 5.32 Å². The average Bonchev–Trinajstić information content (AvgIpc) is 2.74. The van der Waals surface area contributed by atoms with Crippen molar-refractivity contribution in [1.82, 2.24) is 5.32 Å². The fourth-order valence-electron chi connectivity index (χ4n) is 1.32. The summed E-state index contributed by atoms with van der Waals surface area (Å²) in [5.74, 6) is 1.53. The molecule has 0 bridgehead atoms. The molecule has 0 aliphatic carbocycles. The van der Waals surface area contributed by atoms with Crippen LogP contribution in [0.15, 0.2) is 0 Å². The molecule has 0 amide bonds. The van der Waals surface area contributed by atoms with Crippen LogP contribution in [0.3, 0.4) is 0 Å². The monoisotopic (exact) mass is 231 g/mol. The minimum atomic E-state index is 0.761. The molecule has 0 saturated carbocycles. The van der Waals surface area contributed by atoms with Gasteiger partial charge in [0.25, 0.3) is 0 Å². The van der Waals surface area contributed by atoms with Gasteiger partial charge < -0.3 is 10.1 Å². The van der Waals surface area contributed by atoms with Crippen LogP contribution >= 0.6 is 0 Å². The number of hydrogen-bond donors (Lipinski definition) is 1. The van der Waals surface area contributed by atoms with Crippen molar-refractivity contribution in [3.05, 3.63) is 0 Å². The zero-order valence-electron chi connectivity index (χ0n) is 12.3. The molecular formula is C14H33NO. The lowest BCUT2D eigenvalue weighted by molar-refractivity contribution is 0.185. The Morgan fingerprint density at radius 2 is 1.81 bits per heavy atom. The van der Waals surface area contributed by atoms with Gasteiger partial charge in [-0.25, -0.2) is 0 Å². The summed E-state index contributed by atoms with van der Waals surface area (Å²) in [6.07, 6.45) is 2.49. The molecular weight excluding hydrogens is 198 g/mol. The first-order chi connectivity index (χ1) is 7.70. The third kappa shape index (κ3) is 13.9. The van der Waals surface area contributed by atoms with Gasteiger partial charge in [0.05, 0.1) is 6.61 Å². The Morgan fingerprint density at radius 3 is 2.19 bits per heavy atom. The summed E-state index contributed by atoms with van der Waals surface area (Å²) in [4.78, 5) is 0. The Bertz CT molecular complexity index is 109. The SMILES string of the molecule is CC.CC(C)CNCC1CCOC1.CCC. The van der Waals surface area contributed by atoms with Crippen LogP contribution in [0, 0.1) is 11.8 Å². The fraction of sp³-hybridized carbons (Fsp3) is 1.00. The highest BCUT2D eigenvalue weighted by Gasteiger charge is 2.14. The van der Waals surface area contributed by atoms with Gasteiger partial charge in [0, 0.05) is 13.2 Å². The summed E-state index contributed by atoms with van der Waals surface area (Å²) in [6.45, 7) is 16.9. The van der Waals surface area contributed by atoms with E-state index in [1.165, 1.54) is 12.8 Å². The van der Waals surface area contributed by atoms with Crippen LogP contribution in [0.1, 0.15) is 54.4 Å². The van der Waals surface area contributed by atoms with Crippen molar-refractivity contribution in [1.29, 1.82) is 0 Å². The lowest BCUT2D eigenvalue weighted by Crippen LogP contribution is -2.26. The Morgan fingerprint density at radius 1 is 1.25 bits per heavy atom. The predicted molar refractivity (Wildman–Crippen MR) is 73.9 cm³/mol. The zero-order valence-corrected chi connectivity index (χ0v) is 12.3. The highest BCUT2D eigenvalue weighted by atomic mass is 16.5. The first kappa shape index (κ1) is 18.3. The molecule has 1 unspecified atom stereocenters. The van der Waals surface area contributed by atoms with Gasteiger partial charge in [-0.3, -0.25) is 0 Å². The van der Waals surface area contributed by atoms with E-state index in [0.717, 1.165) is 38.1 Å². The van der Waals surface area contributed by atoms with E-state index in [-0.39, 0.29) is 0 Å². The molecule has 1 rings (SSSR count). The van der Waals surface area contributed by atoms with Crippen molar-refractivity contribution in [3.8, 4) is 0 Å². The molecule has 16 heavy (non-hydrogen) atoms. The quantitative estimate of drug-likeness (QED) is 0.796. The molecule has 1 heterocycles. The first-order valence-corrected chi connectivity index (χ1v) is 6.99. The van der Waals surface area contributed by atoms with Gasteiger partial charge in [-0.2, -0.15) is 0 Å². The molecule has 1 saturated heterocycles. The second kappa shape index (κ2) is 14.9. The normalized spacial score (nSPS) is 18.6. The lowest BCUT2D eigenvalue weighted by Gasteiger charge is -2.10. The van der Waals surface area contributed by atoms with E-state index in [9.17, 15) is 0 Å². The van der Waals surface area contributed by atoms with E-state index < -0.39 is 0 Å². The predicted octanol–water partition coefficient (Wildman–Crippen LogP) is 3.71. The Kier molecular flexibility index (Phi) is 17.1. The van der Waals surface area contributed by atoms with Gasteiger partial charge in [-0.05, 0) is 24.8 Å². The molecule has 0 aromatic carbocycles. The Labute approximate surface area is 103 Å². The summed E-state index contributed by atoms with van der Waals surface area (Å²) in [5.41, 5.74) is 0. The molecule has 0 aromatic rings. The minimum Gasteiger partial charge on any atom is -0.381 e. The van der Waals surface area contributed by atoms with Crippen molar-refractivity contribution in [2.24, 2.45) is 11.8 Å². The van der Waals surface area contributed by atoms with Crippen LogP contribution in [0.25, 0.3) is 0 Å². The maximum atomic E-state index is 5.27. The van der Waals surface area contributed by atoms with Crippen LogP contribution in [0.2, 0.25) is 0 Å².